The molecule has 0 aliphatic carbocycles. The Labute approximate surface area is 263 Å². The Hall–Kier alpha value is -4.52. The molecule has 9 nitrogen and oxygen atoms in total. The molecule has 1 fully saturated rings. The number of ether oxygens (including phenoxy) is 2. The topological polar surface area (TPSA) is 93.9 Å². The molecule has 1 N–H and O–H groups in total. The van der Waals surface area contributed by atoms with Crippen LogP contribution in [0.2, 0.25) is 0 Å². The molecule has 45 heavy (non-hydrogen) atoms. The fourth-order valence-corrected chi connectivity index (χ4v) is 5.91. The summed E-state index contributed by atoms with van der Waals surface area (Å²) in [5, 5.41) is 8.14. The number of aromatic nitrogens is 3. The molecule has 1 aromatic heterocycles. The molecule has 2 heterocycles. The quantitative estimate of drug-likeness (QED) is 0.201. The molecule has 3 aromatic carbocycles. The zero-order chi connectivity index (χ0) is 32.1. The highest BCUT2D eigenvalue weighted by Gasteiger charge is 2.31. The van der Waals surface area contributed by atoms with E-state index < -0.39 is 12.4 Å². The number of halogens is 3. The van der Waals surface area contributed by atoms with Gasteiger partial charge >= 0.3 is 12.4 Å². The van der Waals surface area contributed by atoms with Gasteiger partial charge in [0.15, 0.2) is 11.0 Å². The number of urea groups is 1. The highest BCUT2D eigenvalue weighted by Crippen LogP contribution is 2.35. The van der Waals surface area contributed by atoms with Gasteiger partial charge < -0.3 is 19.7 Å². The number of hydrogen-bond acceptors (Lipinski definition) is 6. The van der Waals surface area contributed by atoms with Gasteiger partial charge in [-0.15, -0.1) is 18.3 Å². The lowest BCUT2D eigenvalue weighted by Gasteiger charge is -2.24. The van der Waals surface area contributed by atoms with E-state index in [0.29, 0.717) is 23.1 Å². The van der Waals surface area contributed by atoms with Gasteiger partial charge in [-0.2, -0.15) is 4.99 Å². The van der Waals surface area contributed by atoms with Crippen LogP contribution < -0.4 is 19.7 Å². The molecule has 1 aliphatic heterocycles. The summed E-state index contributed by atoms with van der Waals surface area (Å²) in [4.78, 5) is 24.0. The molecule has 4 aromatic rings. The molecule has 1 aliphatic rings. The van der Waals surface area contributed by atoms with Crippen molar-refractivity contribution < 1.29 is 27.4 Å². The molecule has 0 saturated carbocycles. The van der Waals surface area contributed by atoms with Crippen LogP contribution in [0.1, 0.15) is 50.3 Å². The summed E-state index contributed by atoms with van der Waals surface area (Å²) < 4.78 is 48.2. The highest BCUT2D eigenvalue weighted by molar-refractivity contribution is 8.14. The molecular formula is C32H33F3N6O3S. The minimum atomic E-state index is -4.76. The zero-order valence-electron chi connectivity index (χ0n) is 25.2. The molecule has 1 atom stereocenters. The van der Waals surface area contributed by atoms with E-state index in [2.05, 4.69) is 49.9 Å². The molecule has 0 spiro atoms. The number of carbonyl (C=O) groups excluding carboxylic acids is 1. The number of benzene rings is 3. The number of thioether (sulfide) groups is 1. The summed E-state index contributed by atoms with van der Waals surface area (Å²) in [6.07, 6.45) is -2.62. The molecule has 236 valence electrons. The smallest absolute Gasteiger partial charge is 0.497 e. The van der Waals surface area contributed by atoms with E-state index in [1.54, 1.807) is 18.9 Å². The fourth-order valence-electron chi connectivity index (χ4n) is 4.96. The van der Waals surface area contributed by atoms with Gasteiger partial charge in [0.05, 0.1) is 18.8 Å². The lowest BCUT2D eigenvalue weighted by molar-refractivity contribution is -0.274. The summed E-state index contributed by atoms with van der Waals surface area (Å²) in [6.45, 7) is 7.00. The SMILES string of the molecule is CCC(NC(=O)/N=C1\SCCN1c1cc(OC)ccc1C(C)C)c1ccc(-c2ncn(-c3ccc(OC(F)(F)F)cc3)n2)cc1. The van der Waals surface area contributed by atoms with Crippen LogP contribution in [-0.2, 0) is 0 Å². The minimum Gasteiger partial charge on any atom is -0.497 e. The Bertz CT molecular complexity index is 1660. The maximum Gasteiger partial charge on any atom is 0.573 e. The first-order valence-corrected chi connectivity index (χ1v) is 15.4. The van der Waals surface area contributed by atoms with Crippen molar-refractivity contribution in [1.82, 2.24) is 20.1 Å². The predicted molar refractivity (Wildman–Crippen MR) is 169 cm³/mol. The van der Waals surface area contributed by atoms with Crippen LogP contribution in [-0.4, -0.2) is 51.7 Å². The molecule has 1 saturated heterocycles. The molecule has 0 radical (unpaired) electrons. The van der Waals surface area contributed by atoms with E-state index in [-0.39, 0.29) is 17.7 Å². The van der Waals surface area contributed by atoms with Gasteiger partial charge in [0, 0.05) is 29.6 Å². The second-order valence-electron chi connectivity index (χ2n) is 10.6. The van der Waals surface area contributed by atoms with Gasteiger partial charge in [-0.1, -0.05) is 62.9 Å². The van der Waals surface area contributed by atoms with Gasteiger partial charge in [0.25, 0.3) is 0 Å². The molecule has 2 amide bonds. The molecule has 13 heteroatoms. The lowest BCUT2D eigenvalue weighted by atomic mass is 10.00. The van der Waals surface area contributed by atoms with Crippen molar-refractivity contribution in [3.8, 4) is 28.6 Å². The maximum atomic E-state index is 13.1. The van der Waals surface area contributed by atoms with E-state index >= 15 is 0 Å². The van der Waals surface area contributed by atoms with Crippen LogP contribution in [0.15, 0.2) is 78.0 Å². The number of hydrogen-bond donors (Lipinski definition) is 1. The van der Waals surface area contributed by atoms with E-state index in [4.69, 9.17) is 4.74 Å². The number of anilines is 1. The number of alkyl halides is 3. The molecule has 1 unspecified atom stereocenters. The van der Waals surface area contributed by atoms with Crippen LogP contribution in [0.3, 0.4) is 0 Å². The van der Waals surface area contributed by atoms with Crippen molar-refractivity contribution >= 4 is 28.6 Å². The first kappa shape index (κ1) is 31.9. The van der Waals surface area contributed by atoms with Crippen molar-refractivity contribution in [2.75, 3.05) is 24.3 Å². The van der Waals surface area contributed by atoms with Crippen LogP contribution in [0.25, 0.3) is 17.1 Å². The number of nitrogens with zero attached hydrogens (tertiary/aromatic N) is 5. The Morgan fingerprint density at radius 1 is 1.07 bits per heavy atom. The van der Waals surface area contributed by atoms with Crippen LogP contribution in [0.5, 0.6) is 11.5 Å². The third-order valence-electron chi connectivity index (χ3n) is 7.23. The van der Waals surface area contributed by atoms with Gasteiger partial charge in [0.1, 0.15) is 17.8 Å². The third-order valence-corrected chi connectivity index (χ3v) is 8.19. The second-order valence-corrected chi connectivity index (χ2v) is 11.6. The summed E-state index contributed by atoms with van der Waals surface area (Å²) >= 11 is 1.55. The first-order chi connectivity index (χ1) is 21.5. The number of nitrogens with one attached hydrogen (secondary N) is 1. The Morgan fingerprint density at radius 2 is 1.78 bits per heavy atom. The zero-order valence-corrected chi connectivity index (χ0v) is 26.0. The average molecular weight is 639 g/mol. The predicted octanol–water partition coefficient (Wildman–Crippen LogP) is 7.74. The van der Waals surface area contributed by atoms with Crippen molar-refractivity contribution in [1.29, 1.82) is 0 Å². The molecular weight excluding hydrogens is 605 g/mol. The number of amides is 2. The fraction of sp³-hybridized carbons (Fsp3) is 0.312. The maximum absolute atomic E-state index is 13.1. The number of carbonyl (C=O) groups is 1. The number of aliphatic imine (C=N–C) groups is 1. The van der Waals surface area contributed by atoms with Crippen molar-refractivity contribution in [3.63, 3.8) is 0 Å². The van der Waals surface area contributed by atoms with E-state index in [9.17, 15) is 18.0 Å². The van der Waals surface area contributed by atoms with E-state index in [1.807, 2.05) is 43.3 Å². The lowest BCUT2D eigenvalue weighted by Crippen LogP contribution is -2.30. The van der Waals surface area contributed by atoms with Gasteiger partial charge in [-0.05, 0) is 53.8 Å². The normalized spacial score (nSPS) is 15.0. The van der Waals surface area contributed by atoms with Gasteiger partial charge in [0.2, 0.25) is 0 Å². The monoisotopic (exact) mass is 638 g/mol. The standard InChI is InChI=1S/C32H33F3N6O3S/c1-5-27(37-30(42)38-31-40(16-17-45-31)28-18-25(43-4)14-15-26(28)20(2)3)21-6-8-22(9-7-21)29-36-19-41(39-29)23-10-12-24(13-11-23)44-32(33,34)35/h6-15,18-20,27H,5,16-17H2,1-4H3,(H,37,42)/b38-31-. The van der Waals surface area contributed by atoms with E-state index in [1.165, 1.54) is 35.3 Å². The Balaban J connectivity index is 1.26. The Kier molecular flexibility index (Phi) is 9.66. The number of amidine groups is 1. The highest BCUT2D eigenvalue weighted by atomic mass is 32.2. The second kappa shape index (κ2) is 13.6. The largest absolute Gasteiger partial charge is 0.573 e. The third kappa shape index (κ3) is 7.77. The van der Waals surface area contributed by atoms with Crippen LogP contribution in [0.4, 0.5) is 23.7 Å². The molecule has 5 rings (SSSR count). The van der Waals surface area contributed by atoms with Crippen molar-refractivity contribution in [2.45, 2.75) is 45.5 Å². The number of rotatable bonds is 9. The minimum absolute atomic E-state index is 0.262. The van der Waals surface area contributed by atoms with Gasteiger partial charge in [-0.25, -0.2) is 14.5 Å². The molecule has 0 bridgehead atoms. The van der Waals surface area contributed by atoms with Gasteiger partial charge in [-0.3, -0.25) is 0 Å². The summed E-state index contributed by atoms with van der Waals surface area (Å²) in [6, 6.07) is 18.2. The van der Waals surface area contributed by atoms with Crippen molar-refractivity contribution in [2.24, 2.45) is 4.99 Å². The average Bonchev–Trinajstić information content (AvgIpc) is 3.69. The summed E-state index contributed by atoms with van der Waals surface area (Å²) in [5.74, 6) is 1.98. The van der Waals surface area contributed by atoms with Crippen LogP contribution in [0, 0.1) is 0 Å². The Morgan fingerprint density at radius 3 is 2.42 bits per heavy atom. The van der Waals surface area contributed by atoms with Crippen molar-refractivity contribution in [3.05, 3.63) is 84.2 Å². The van der Waals surface area contributed by atoms with Crippen LogP contribution >= 0.6 is 11.8 Å². The summed E-state index contributed by atoms with van der Waals surface area (Å²) in [5.41, 5.74) is 4.33. The summed E-state index contributed by atoms with van der Waals surface area (Å²) in [7, 11) is 1.64. The number of methoxy groups -OCH3 is 1. The van der Waals surface area contributed by atoms with E-state index in [0.717, 1.165) is 40.4 Å². The first-order valence-electron chi connectivity index (χ1n) is 14.4.